The van der Waals surface area contributed by atoms with Gasteiger partial charge in [-0.15, -0.1) is 0 Å². The lowest BCUT2D eigenvalue weighted by molar-refractivity contribution is 0.0729. The minimum absolute atomic E-state index is 0.347. The molecule has 0 aliphatic heterocycles. The monoisotopic (exact) mass is 266 g/mol. The van der Waals surface area contributed by atoms with Gasteiger partial charge in [0.25, 0.3) is 0 Å². The first-order chi connectivity index (χ1) is 8.60. The molecule has 1 fully saturated rings. The summed E-state index contributed by atoms with van der Waals surface area (Å²) in [7, 11) is 0. The zero-order chi connectivity index (χ0) is 13.1. The van der Waals surface area contributed by atoms with Crippen molar-refractivity contribution in [1.82, 2.24) is 0 Å². The van der Waals surface area contributed by atoms with Crippen molar-refractivity contribution < 1.29 is 5.11 Å². The second-order valence-electron chi connectivity index (χ2n) is 5.70. The van der Waals surface area contributed by atoms with E-state index in [4.69, 9.17) is 11.6 Å². The third-order valence-corrected chi connectivity index (χ3v) is 4.54. The highest BCUT2D eigenvalue weighted by Gasteiger charge is 2.26. The zero-order valence-electron chi connectivity index (χ0n) is 11.3. The lowest BCUT2D eigenvalue weighted by Gasteiger charge is -2.31. The van der Waals surface area contributed by atoms with Gasteiger partial charge in [-0.05, 0) is 54.9 Å². The minimum atomic E-state index is -0.347. The quantitative estimate of drug-likeness (QED) is 0.825. The molecular formula is C16H23ClO. The van der Waals surface area contributed by atoms with Gasteiger partial charge in [0.15, 0.2) is 0 Å². The molecule has 0 saturated heterocycles. The number of benzene rings is 1. The molecule has 0 heterocycles. The van der Waals surface area contributed by atoms with Crippen LogP contribution < -0.4 is 0 Å². The van der Waals surface area contributed by atoms with Crippen LogP contribution in [0.25, 0.3) is 0 Å². The Morgan fingerprint density at radius 2 is 1.89 bits per heavy atom. The molecule has 1 aliphatic carbocycles. The molecule has 1 aromatic carbocycles. The SMILES string of the molecule is CCC1CCC(C(O)c2cc(C)cc(Cl)c2)CC1. The molecule has 1 aliphatic rings. The average Bonchev–Trinajstić information content (AvgIpc) is 2.37. The van der Waals surface area contributed by atoms with Gasteiger partial charge in [0.05, 0.1) is 6.10 Å². The van der Waals surface area contributed by atoms with Crippen LogP contribution in [0.2, 0.25) is 5.02 Å². The Bertz CT molecular complexity index is 374. The van der Waals surface area contributed by atoms with Crippen LogP contribution in [0.15, 0.2) is 18.2 Å². The fraction of sp³-hybridized carbons (Fsp3) is 0.625. The molecule has 1 saturated carbocycles. The van der Waals surface area contributed by atoms with Gasteiger partial charge in [-0.1, -0.05) is 43.9 Å². The van der Waals surface area contributed by atoms with Gasteiger partial charge in [0, 0.05) is 5.02 Å². The van der Waals surface area contributed by atoms with Gasteiger partial charge in [-0.3, -0.25) is 0 Å². The van der Waals surface area contributed by atoms with Crippen molar-refractivity contribution in [3.63, 3.8) is 0 Å². The van der Waals surface area contributed by atoms with E-state index in [0.717, 1.165) is 34.9 Å². The van der Waals surface area contributed by atoms with Crippen LogP contribution in [0, 0.1) is 18.8 Å². The molecular weight excluding hydrogens is 244 g/mol. The predicted octanol–water partition coefficient (Wildman–Crippen LogP) is 4.90. The first kappa shape index (κ1) is 13.9. The third-order valence-electron chi connectivity index (χ3n) is 4.32. The molecule has 1 atom stereocenters. The molecule has 2 heteroatoms. The van der Waals surface area contributed by atoms with E-state index in [1.54, 1.807) is 0 Å². The van der Waals surface area contributed by atoms with Crippen molar-refractivity contribution >= 4 is 11.6 Å². The normalized spacial score (nSPS) is 26.0. The van der Waals surface area contributed by atoms with E-state index in [9.17, 15) is 5.11 Å². The summed E-state index contributed by atoms with van der Waals surface area (Å²) in [5.41, 5.74) is 2.11. The van der Waals surface area contributed by atoms with Crippen LogP contribution in [0.1, 0.15) is 56.3 Å². The summed E-state index contributed by atoms with van der Waals surface area (Å²) >= 11 is 6.07. The summed E-state index contributed by atoms with van der Waals surface area (Å²) < 4.78 is 0. The summed E-state index contributed by atoms with van der Waals surface area (Å²) in [5, 5.41) is 11.2. The average molecular weight is 267 g/mol. The standard InChI is InChI=1S/C16H23ClO/c1-3-12-4-6-13(7-5-12)16(18)14-8-11(2)9-15(17)10-14/h8-10,12-13,16,18H,3-7H2,1-2H3. The number of aryl methyl sites for hydroxylation is 1. The van der Waals surface area contributed by atoms with Crippen LogP contribution in [-0.2, 0) is 0 Å². The summed E-state index contributed by atoms with van der Waals surface area (Å²) in [6.45, 7) is 4.29. The highest BCUT2D eigenvalue weighted by molar-refractivity contribution is 6.30. The lowest BCUT2D eigenvalue weighted by atomic mass is 9.77. The molecule has 0 amide bonds. The zero-order valence-corrected chi connectivity index (χ0v) is 12.1. The maximum atomic E-state index is 10.5. The van der Waals surface area contributed by atoms with Crippen molar-refractivity contribution in [3.8, 4) is 0 Å². The number of rotatable bonds is 3. The van der Waals surface area contributed by atoms with Gasteiger partial charge in [-0.25, -0.2) is 0 Å². The summed E-state index contributed by atoms with van der Waals surface area (Å²) in [4.78, 5) is 0. The van der Waals surface area contributed by atoms with Crippen LogP contribution in [0.5, 0.6) is 0 Å². The van der Waals surface area contributed by atoms with Gasteiger partial charge >= 0.3 is 0 Å². The van der Waals surface area contributed by atoms with Crippen molar-refractivity contribution in [2.24, 2.45) is 11.8 Å². The molecule has 0 radical (unpaired) electrons. The van der Waals surface area contributed by atoms with Gasteiger partial charge in [-0.2, -0.15) is 0 Å². The second-order valence-corrected chi connectivity index (χ2v) is 6.13. The molecule has 0 bridgehead atoms. The molecule has 0 spiro atoms. The topological polar surface area (TPSA) is 20.2 Å². The van der Waals surface area contributed by atoms with Crippen molar-refractivity contribution in [2.45, 2.75) is 52.1 Å². The van der Waals surface area contributed by atoms with Crippen LogP contribution in [-0.4, -0.2) is 5.11 Å². The van der Waals surface area contributed by atoms with E-state index in [2.05, 4.69) is 13.0 Å². The van der Waals surface area contributed by atoms with Gasteiger partial charge < -0.3 is 5.11 Å². The molecule has 1 aromatic rings. The number of aliphatic hydroxyl groups is 1. The van der Waals surface area contributed by atoms with Crippen molar-refractivity contribution in [3.05, 3.63) is 34.3 Å². The summed E-state index contributed by atoms with van der Waals surface area (Å²) in [6, 6.07) is 5.90. The maximum Gasteiger partial charge on any atom is 0.0818 e. The number of hydrogen-bond acceptors (Lipinski definition) is 1. The number of hydrogen-bond donors (Lipinski definition) is 1. The van der Waals surface area contributed by atoms with E-state index in [1.165, 1.54) is 19.3 Å². The Labute approximate surface area is 115 Å². The van der Waals surface area contributed by atoms with Gasteiger partial charge in [0.2, 0.25) is 0 Å². The molecule has 1 N–H and O–H groups in total. The Hall–Kier alpha value is -0.530. The van der Waals surface area contributed by atoms with E-state index >= 15 is 0 Å². The molecule has 0 aromatic heterocycles. The van der Waals surface area contributed by atoms with E-state index in [1.807, 2.05) is 19.1 Å². The highest BCUT2D eigenvalue weighted by Crippen LogP contribution is 2.38. The first-order valence-corrected chi connectivity index (χ1v) is 7.43. The smallest absolute Gasteiger partial charge is 0.0818 e. The second kappa shape index (κ2) is 6.08. The Balaban J connectivity index is 2.05. The first-order valence-electron chi connectivity index (χ1n) is 7.05. The van der Waals surface area contributed by atoms with Crippen molar-refractivity contribution in [1.29, 1.82) is 0 Å². The van der Waals surface area contributed by atoms with E-state index < -0.39 is 0 Å². The lowest BCUT2D eigenvalue weighted by Crippen LogP contribution is -2.20. The summed E-state index contributed by atoms with van der Waals surface area (Å²) in [6.07, 6.45) is 5.74. The maximum absolute atomic E-state index is 10.5. The fourth-order valence-corrected chi connectivity index (χ4v) is 3.42. The molecule has 2 rings (SSSR count). The van der Waals surface area contributed by atoms with Crippen LogP contribution in [0.3, 0.4) is 0 Å². The third kappa shape index (κ3) is 3.27. The molecule has 18 heavy (non-hydrogen) atoms. The fourth-order valence-electron chi connectivity index (χ4n) is 3.12. The van der Waals surface area contributed by atoms with E-state index in [0.29, 0.717) is 5.92 Å². The number of aliphatic hydroxyl groups excluding tert-OH is 1. The largest absolute Gasteiger partial charge is 0.388 e. The number of halogens is 1. The predicted molar refractivity (Wildman–Crippen MR) is 76.9 cm³/mol. The Kier molecular flexibility index (Phi) is 4.69. The van der Waals surface area contributed by atoms with E-state index in [-0.39, 0.29) is 6.10 Å². The highest BCUT2D eigenvalue weighted by atomic mass is 35.5. The van der Waals surface area contributed by atoms with Crippen LogP contribution >= 0.6 is 11.6 Å². The molecule has 1 unspecified atom stereocenters. The Morgan fingerprint density at radius 1 is 1.22 bits per heavy atom. The summed E-state index contributed by atoms with van der Waals surface area (Å²) in [5.74, 6) is 1.28. The van der Waals surface area contributed by atoms with Crippen LogP contribution in [0.4, 0.5) is 0 Å². The minimum Gasteiger partial charge on any atom is -0.388 e. The van der Waals surface area contributed by atoms with Gasteiger partial charge in [0.1, 0.15) is 0 Å². The van der Waals surface area contributed by atoms with Crippen molar-refractivity contribution in [2.75, 3.05) is 0 Å². The Morgan fingerprint density at radius 3 is 2.44 bits per heavy atom. The molecule has 1 nitrogen and oxygen atoms in total. The molecule has 100 valence electrons.